The first-order valence-electron chi connectivity index (χ1n) is 7.80. The van der Waals surface area contributed by atoms with E-state index >= 15 is 0 Å². The van der Waals surface area contributed by atoms with Crippen molar-refractivity contribution in [3.05, 3.63) is 58.9 Å². The highest BCUT2D eigenvalue weighted by molar-refractivity contribution is 6.02. The summed E-state index contributed by atoms with van der Waals surface area (Å²) >= 11 is 0. The molecule has 0 bridgehead atoms. The molecule has 3 rings (SSSR count). The first kappa shape index (κ1) is 16.2. The summed E-state index contributed by atoms with van der Waals surface area (Å²) in [6.07, 6.45) is 2.05. The summed E-state index contributed by atoms with van der Waals surface area (Å²) in [5.74, 6) is -1.01. The third-order valence-electron chi connectivity index (χ3n) is 4.02. The average Bonchev–Trinajstić information content (AvgIpc) is 2.57. The number of para-hydroxylation sites is 1. The third-order valence-corrected chi connectivity index (χ3v) is 4.02. The average molecular weight is 328 g/mol. The van der Waals surface area contributed by atoms with Crippen LogP contribution >= 0.6 is 0 Å². The molecule has 0 amide bonds. The molecule has 0 heterocycles. The minimum absolute atomic E-state index is 0.0160. The zero-order valence-corrected chi connectivity index (χ0v) is 13.3. The molecule has 0 fully saturated rings. The maximum atomic E-state index is 13.5. The number of aryl methyl sites for hydroxylation is 1. The van der Waals surface area contributed by atoms with Crippen LogP contribution in [0, 0.1) is 12.7 Å². The van der Waals surface area contributed by atoms with Crippen LogP contribution in [0.2, 0.25) is 0 Å². The van der Waals surface area contributed by atoms with Gasteiger partial charge in [0.2, 0.25) is 0 Å². The van der Waals surface area contributed by atoms with Gasteiger partial charge >= 0.3 is 5.97 Å². The summed E-state index contributed by atoms with van der Waals surface area (Å²) in [5.41, 5.74) is 2.44. The minimum Gasteiger partial charge on any atom is -0.479 e. The second kappa shape index (κ2) is 6.83. The van der Waals surface area contributed by atoms with Crippen molar-refractivity contribution in [2.75, 3.05) is 6.61 Å². The predicted octanol–water partition coefficient (Wildman–Crippen LogP) is 3.64. The lowest BCUT2D eigenvalue weighted by molar-refractivity contribution is -0.136. The molecule has 0 saturated carbocycles. The van der Waals surface area contributed by atoms with Crippen LogP contribution in [0.3, 0.4) is 0 Å². The third kappa shape index (κ3) is 3.30. The summed E-state index contributed by atoms with van der Waals surface area (Å²) in [6, 6.07) is 9.27. The van der Waals surface area contributed by atoms with Crippen molar-refractivity contribution in [2.45, 2.75) is 26.2 Å². The molecule has 2 aromatic rings. The molecule has 1 aliphatic carbocycles. The van der Waals surface area contributed by atoms with Gasteiger partial charge < -0.3 is 9.47 Å². The van der Waals surface area contributed by atoms with Crippen LogP contribution in [0.4, 0.5) is 4.39 Å². The van der Waals surface area contributed by atoms with E-state index in [9.17, 15) is 14.0 Å². The number of Topliss-reactive ketones (excluding diaryl/α,β-unsaturated/α-hetero) is 1. The van der Waals surface area contributed by atoms with Crippen LogP contribution in [0.25, 0.3) is 0 Å². The molecule has 0 spiro atoms. The number of benzene rings is 2. The number of ether oxygens (including phenoxy) is 2. The fourth-order valence-electron chi connectivity index (χ4n) is 2.84. The van der Waals surface area contributed by atoms with E-state index in [1.807, 2.05) is 13.0 Å². The Hall–Kier alpha value is -2.69. The van der Waals surface area contributed by atoms with Crippen LogP contribution in [0.1, 0.15) is 34.3 Å². The van der Waals surface area contributed by atoms with Gasteiger partial charge in [-0.25, -0.2) is 9.18 Å². The van der Waals surface area contributed by atoms with Gasteiger partial charge in [-0.15, -0.1) is 0 Å². The molecule has 0 radical (unpaired) electrons. The van der Waals surface area contributed by atoms with E-state index in [0.29, 0.717) is 12.0 Å². The molecule has 0 unspecified atom stereocenters. The number of hydrogen-bond donors (Lipinski definition) is 0. The van der Waals surface area contributed by atoms with Gasteiger partial charge in [-0.3, -0.25) is 4.79 Å². The maximum absolute atomic E-state index is 13.5. The summed E-state index contributed by atoms with van der Waals surface area (Å²) in [4.78, 5) is 24.2. The Labute approximate surface area is 139 Å². The minimum atomic E-state index is -0.678. The van der Waals surface area contributed by atoms with E-state index in [2.05, 4.69) is 0 Å². The van der Waals surface area contributed by atoms with Gasteiger partial charge in [-0.1, -0.05) is 18.2 Å². The van der Waals surface area contributed by atoms with Crippen LogP contribution in [0.5, 0.6) is 11.5 Å². The Kier molecular flexibility index (Phi) is 4.60. The Morgan fingerprint density at radius 2 is 1.92 bits per heavy atom. The van der Waals surface area contributed by atoms with E-state index in [1.165, 1.54) is 18.2 Å². The smallest absolute Gasteiger partial charge is 0.349 e. The van der Waals surface area contributed by atoms with E-state index in [1.54, 1.807) is 12.1 Å². The second-order valence-corrected chi connectivity index (χ2v) is 5.70. The van der Waals surface area contributed by atoms with Crippen molar-refractivity contribution >= 4 is 11.8 Å². The van der Waals surface area contributed by atoms with Crippen LogP contribution in [0.15, 0.2) is 36.4 Å². The van der Waals surface area contributed by atoms with Crippen LogP contribution in [-0.4, -0.2) is 18.4 Å². The van der Waals surface area contributed by atoms with Gasteiger partial charge in [0.15, 0.2) is 24.0 Å². The molecule has 1 aliphatic rings. The lowest BCUT2D eigenvalue weighted by Gasteiger charge is -2.20. The maximum Gasteiger partial charge on any atom is 0.349 e. The first-order chi connectivity index (χ1) is 11.6. The first-order valence-corrected chi connectivity index (χ1v) is 7.80. The Balaban J connectivity index is 1.73. The number of carbonyl (C=O) groups is 2. The quantitative estimate of drug-likeness (QED) is 0.635. The number of fused-ring (bicyclic) bond motifs is 1. The number of esters is 1. The topological polar surface area (TPSA) is 52.6 Å². The highest BCUT2D eigenvalue weighted by Gasteiger charge is 2.24. The fourth-order valence-corrected chi connectivity index (χ4v) is 2.84. The normalized spacial score (nSPS) is 13.3. The van der Waals surface area contributed by atoms with E-state index < -0.39 is 18.4 Å². The van der Waals surface area contributed by atoms with E-state index in [0.717, 1.165) is 24.0 Å². The molecule has 2 aromatic carbocycles. The molecule has 124 valence electrons. The molecule has 24 heavy (non-hydrogen) atoms. The van der Waals surface area contributed by atoms with E-state index in [4.69, 9.17) is 9.47 Å². The molecule has 4 nitrogen and oxygen atoms in total. The number of halogens is 1. The number of hydrogen-bond acceptors (Lipinski definition) is 4. The molecule has 0 atom stereocenters. The highest BCUT2D eigenvalue weighted by atomic mass is 19.1. The molecule has 0 aromatic heterocycles. The summed E-state index contributed by atoms with van der Waals surface area (Å²) < 4.78 is 23.9. The monoisotopic (exact) mass is 328 g/mol. The Morgan fingerprint density at radius 3 is 2.71 bits per heavy atom. The summed E-state index contributed by atoms with van der Waals surface area (Å²) in [5, 5.41) is 0. The molecule has 0 saturated heterocycles. The summed E-state index contributed by atoms with van der Waals surface area (Å²) in [6.45, 7) is 1.50. The molecule has 5 heteroatoms. The van der Waals surface area contributed by atoms with Gasteiger partial charge in [-0.05, 0) is 49.1 Å². The van der Waals surface area contributed by atoms with Crippen molar-refractivity contribution < 1.29 is 23.5 Å². The van der Waals surface area contributed by atoms with Crippen molar-refractivity contribution in [2.24, 2.45) is 0 Å². The zero-order chi connectivity index (χ0) is 17.1. The van der Waals surface area contributed by atoms with Gasteiger partial charge in [0, 0.05) is 6.42 Å². The van der Waals surface area contributed by atoms with Gasteiger partial charge in [0.1, 0.15) is 5.75 Å². The van der Waals surface area contributed by atoms with Crippen LogP contribution in [-0.2, 0) is 11.2 Å². The van der Waals surface area contributed by atoms with Gasteiger partial charge in [-0.2, -0.15) is 0 Å². The van der Waals surface area contributed by atoms with Crippen LogP contribution < -0.4 is 9.47 Å². The van der Waals surface area contributed by atoms with Gasteiger partial charge in [0.05, 0.1) is 5.56 Å². The Morgan fingerprint density at radius 1 is 1.12 bits per heavy atom. The highest BCUT2D eigenvalue weighted by Crippen LogP contribution is 2.32. The molecule has 0 aliphatic heterocycles. The number of carbonyl (C=O) groups excluding carboxylic acids is 2. The molecule has 0 N–H and O–H groups in total. The van der Waals surface area contributed by atoms with Gasteiger partial charge in [0.25, 0.3) is 0 Å². The fraction of sp³-hybridized carbons (Fsp3) is 0.263. The van der Waals surface area contributed by atoms with Crippen molar-refractivity contribution in [3.63, 3.8) is 0 Å². The van der Waals surface area contributed by atoms with E-state index in [-0.39, 0.29) is 17.3 Å². The number of ketones is 1. The lowest BCUT2D eigenvalue weighted by atomic mass is 9.87. The SMILES string of the molecule is Cc1ccc(OC(=O)COc2ccccc2F)c2c1CCCC2=O. The van der Waals surface area contributed by atoms with Crippen molar-refractivity contribution in [1.29, 1.82) is 0 Å². The van der Waals surface area contributed by atoms with Crippen molar-refractivity contribution in [3.8, 4) is 11.5 Å². The zero-order valence-electron chi connectivity index (χ0n) is 13.3. The lowest BCUT2D eigenvalue weighted by Crippen LogP contribution is -2.21. The molecular formula is C19H17FO4. The number of rotatable bonds is 4. The standard InChI is InChI=1S/C19H17FO4/c1-12-9-10-17(19-13(12)5-4-7-15(19)21)24-18(22)11-23-16-8-3-2-6-14(16)20/h2-3,6,8-10H,4-5,7,11H2,1H3. The van der Waals surface area contributed by atoms with Crippen molar-refractivity contribution in [1.82, 2.24) is 0 Å². The second-order valence-electron chi connectivity index (χ2n) is 5.70. The summed E-state index contributed by atoms with van der Waals surface area (Å²) in [7, 11) is 0. The largest absolute Gasteiger partial charge is 0.479 e. The Bertz CT molecular complexity index is 798. The predicted molar refractivity (Wildman–Crippen MR) is 86.0 cm³/mol. The molecular weight excluding hydrogens is 311 g/mol.